The zero-order valence-electron chi connectivity index (χ0n) is 5.45. The van der Waals surface area contributed by atoms with Crippen LogP contribution in [-0.2, 0) is 4.74 Å². The van der Waals surface area contributed by atoms with Crippen LogP contribution in [0.2, 0.25) is 0 Å². The zero-order chi connectivity index (χ0) is 7.28. The molecule has 0 aliphatic rings. The molecular formula is C5H13NO3. The number of aliphatic hydroxyl groups is 2. The SMILES string of the molecule is COCC(O)C(N)CO. The Balaban J connectivity index is 3.32. The van der Waals surface area contributed by atoms with Crippen LogP contribution in [0.15, 0.2) is 0 Å². The maximum absolute atomic E-state index is 8.91. The normalized spacial score (nSPS) is 17.3. The molecule has 0 spiro atoms. The molecule has 56 valence electrons. The Morgan fingerprint density at radius 3 is 2.56 bits per heavy atom. The zero-order valence-corrected chi connectivity index (χ0v) is 5.45. The third kappa shape index (κ3) is 3.42. The monoisotopic (exact) mass is 135 g/mol. The van der Waals surface area contributed by atoms with E-state index in [0.29, 0.717) is 0 Å². The first-order chi connectivity index (χ1) is 4.22. The second-order valence-electron chi connectivity index (χ2n) is 1.87. The lowest BCUT2D eigenvalue weighted by molar-refractivity contribution is 0.0336. The Kier molecular flexibility index (Phi) is 4.61. The minimum absolute atomic E-state index is 0.168. The molecule has 0 heterocycles. The highest BCUT2D eigenvalue weighted by Crippen LogP contribution is 1.88. The van der Waals surface area contributed by atoms with E-state index in [2.05, 4.69) is 4.74 Å². The largest absolute Gasteiger partial charge is 0.395 e. The van der Waals surface area contributed by atoms with Crippen molar-refractivity contribution in [3.05, 3.63) is 0 Å². The Hall–Kier alpha value is -0.160. The van der Waals surface area contributed by atoms with Crippen LogP contribution in [0.3, 0.4) is 0 Å². The van der Waals surface area contributed by atoms with Crippen molar-refractivity contribution in [1.82, 2.24) is 0 Å². The van der Waals surface area contributed by atoms with Crippen LogP contribution >= 0.6 is 0 Å². The van der Waals surface area contributed by atoms with Crippen molar-refractivity contribution < 1.29 is 14.9 Å². The van der Waals surface area contributed by atoms with Crippen LogP contribution < -0.4 is 5.73 Å². The van der Waals surface area contributed by atoms with E-state index < -0.39 is 12.1 Å². The molecule has 9 heavy (non-hydrogen) atoms. The summed E-state index contributed by atoms with van der Waals surface area (Å²) in [6, 6.07) is -0.593. The first-order valence-electron chi connectivity index (χ1n) is 2.75. The van der Waals surface area contributed by atoms with Crippen LogP contribution in [0.1, 0.15) is 0 Å². The van der Waals surface area contributed by atoms with Crippen molar-refractivity contribution in [2.75, 3.05) is 20.3 Å². The van der Waals surface area contributed by atoms with E-state index in [-0.39, 0.29) is 13.2 Å². The second-order valence-corrected chi connectivity index (χ2v) is 1.87. The van der Waals surface area contributed by atoms with E-state index in [4.69, 9.17) is 15.9 Å². The first-order valence-corrected chi connectivity index (χ1v) is 2.75. The summed E-state index contributed by atoms with van der Waals surface area (Å²) in [7, 11) is 1.47. The summed E-state index contributed by atoms with van der Waals surface area (Å²) in [5.41, 5.74) is 5.22. The van der Waals surface area contributed by atoms with Gasteiger partial charge in [0.1, 0.15) is 0 Å². The van der Waals surface area contributed by atoms with Crippen molar-refractivity contribution in [1.29, 1.82) is 0 Å². The minimum atomic E-state index is -0.764. The summed E-state index contributed by atoms with van der Waals surface area (Å²) < 4.78 is 4.59. The summed E-state index contributed by atoms with van der Waals surface area (Å²) in [5, 5.41) is 17.3. The topological polar surface area (TPSA) is 75.7 Å². The first kappa shape index (κ1) is 8.84. The van der Waals surface area contributed by atoms with Crippen LogP contribution in [0.5, 0.6) is 0 Å². The lowest BCUT2D eigenvalue weighted by atomic mass is 10.2. The molecule has 0 aromatic carbocycles. The van der Waals surface area contributed by atoms with Crippen molar-refractivity contribution >= 4 is 0 Å². The minimum Gasteiger partial charge on any atom is -0.395 e. The number of rotatable bonds is 4. The average Bonchev–Trinajstić information content (AvgIpc) is 1.87. The number of methoxy groups -OCH3 is 1. The van der Waals surface area contributed by atoms with Gasteiger partial charge in [-0.25, -0.2) is 0 Å². The lowest BCUT2D eigenvalue weighted by Crippen LogP contribution is -2.40. The third-order valence-corrected chi connectivity index (χ3v) is 1.04. The molecule has 0 aromatic rings. The molecule has 0 radical (unpaired) electrons. The smallest absolute Gasteiger partial charge is 0.0946 e. The molecular weight excluding hydrogens is 122 g/mol. The van der Waals surface area contributed by atoms with Crippen molar-refractivity contribution in [2.45, 2.75) is 12.1 Å². The predicted octanol–water partition coefficient (Wildman–Crippen LogP) is -1.69. The van der Waals surface area contributed by atoms with E-state index >= 15 is 0 Å². The van der Waals surface area contributed by atoms with Crippen molar-refractivity contribution in [2.24, 2.45) is 5.73 Å². The Morgan fingerprint density at radius 2 is 2.22 bits per heavy atom. The molecule has 4 nitrogen and oxygen atoms in total. The van der Waals surface area contributed by atoms with Crippen LogP contribution in [0, 0.1) is 0 Å². The molecule has 2 unspecified atom stereocenters. The number of aliphatic hydroxyl groups excluding tert-OH is 2. The van der Waals surface area contributed by atoms with E-state index in [1.54, 1.807) is 0 Å². The van der Waals surface area contributed by atoms with Gasteiger partial charge in [-0.1, -0.05) is 0 Å². The average molecular weight is 135 g/mol. The van der Waals surface area contributed by atoms with Gasteiger partial charge in [0.15, 0.2) is 0 Å². The molecule has 0 saturated carbocycles. The van der Waals surface area contributed by atoms with E-state index in [0.717, 1.165) is 0 Å². The number of nitrogens with two attached hydrogens (primary N) is 1. The maximum atomic E-state index is 8.91. The highest BCUT2D eigenvalue weighted by Gasteiger charge is 2.11. The van der Waals surface area contributed by atoms with Crippen molar-refractivity contribution in [3.63, 3.8) is 0 Å². The van der Waals surface area contributed by atoms with Gasteiger partial charge >= 0.3 is 0 Å². The van der Waals surface area contributed by atoms with Crippen LogP contribution in [-0.4, -0.2) is 42.7 Å². The molecule has 0 aliphatic carbocycles. The Bertz CT molecular complexity index is 69.2. The van der Waals surface area contributed by atoms with E-state index in [1.165, 1.54) is 7.11 Å². The van der Waals surface area contributed by atoms with Crippen LogP contribution in [0.4, 0.5) is 0 Å². The fourth-order valence-electron chi connectivity index (χ4n) is 0.416. The maximum Gasteiger partial charge on any atom is 0.0946 e. The third-order valence-electron chi connectivity index (χ3n) is 1.04. The molecule has 4 heteroatoms. The summed E-state index contributed by atoms with van der Waals surface area (Å²) in [4.78, 5) is 0. The van der Waals surface area contributed by atoms with Crippen LogP contribution in [0.25, 0.3) is 0 Å². The molecule has 0 fully saturated rings. The van der Waals surface area contributed by atoms with Gasteiger partial charge in [0.25, 0.3) is 0 Å². The van der Waals surface area contributed by atoms with Gasteiger partial charge in [-0.2, -0.15) is 0 Å². The van der Waals surface area contributed by atoms with Gasteiger partial charge in [0, 0.05) is 7.11 Å². The Labute approximate surface area is 54.2 Å². The highest BCUT2D eigenvalue weighted by atomic mass is 16.5. The van der Waals surface area contributed by atoms with Gasteiger partial charge in [0.2, 0.25) is 0 Å². The number of ether oxygens (including phenoxy) is 1. The second kappa shape index (κ2) is 4.69. The summed E-state index contributed by atoms with van der Waals surface area (Å²) in [5.74, 6) is 0. The molecule has 0 rings (SSSR count). The summed E-state index contributed by atoms with van der Waals surface area (Å²) >= 11 is 0. The van der Waals surface area contributed by atoms with Gasteiger partial charge in [-0.05, 0) is 0 Å². The van der Waals surface area contributed by atoms with Gasteiger partial charge in [-0.15, -0.1) is 0 Å². The number of hydrogen-bond acceptors (Lipinski definition) is 4. The molecule has 2 atom stereocenters. The molecule has 0 bridgehead atoms. The highest BCUT2D eigenvalue weighted by molar-refractivity contribution is 4.68. The fourth-order valence-corrected chi connectivity index (χ4v) is 0.416. The predicted molar refractivity (Wildman–Crippen MR) is 32.9 cm³/mol. The lowest BCUT2D eigenvalue weighted by Gasteiger charge is -2.14. The standard InChI is InChI=1S/C5H13NO3/c1-9-3-5(8)4(6)2-7/h4-5,7-8H,2-3,6H2,1H3. The summed E-state index contributed by atoms with van der Waals surface area (Å²) in [6.45, 7) is -0.0494. The molecule has 4 N–H and O–H groups in total. The molecule has 0 aromatic heterocycles. The van der Waals surface area contributed by atoms with Crippen molar-refractivity contribution in [3.8, 4) is 0 Å². The molecule has 0 aliphatic heterocycles. The van der Waals surface area contributed by atoms with Gasteiger partial charge < -0.3 is 20.7 Å². The fraction of sp³-hybridized carbons (Fsp3) is 1.00. The van der Waals surface area contributed by atoms with Gasteiger partial charge in [0.05, 0.1) is 25.4 Å². The molecule has 0 saturated heterocycles. The van der Waals surface area contributed by atoms with E-state index in [9.17, 15) is 0 Å². The van der Waals surface area contributed by atoms with Gasteiger partial charge in [-0.3, -0.25) is 0 Å². The number of hydrogen-bond donors (Lipinski definition) is 3. The Morgan fingerprint density at radius 1 is 1.67 bits per heavy atom. The van der Waals surface area contributed by atoms with E-state index in [1.807, 2.05) is 0 Å². The summed E-state index contributed by atoms with van der Waals surface area (Å²) in [6.07, 6.45) is -0.764. The molecule has 0 amide bonds. The quantitative estimate of drug-likeness (QED) is 0.430.